The van der Waals surface area contributed by atoms with E-state index in [1.807, 2.05) is 42.5 Å². The second-order valence-corrected chi connectivity index (χ2v) is 8.45. The summed E-state index contributed by atoms with van der Waals surface area (Å²) < 4.78 is 13.4. The van der Waals surface area contributed by atoms with Crippen molar-refractivity contribution < 1.29 is 14.0 Å². The highest BCUT2D eigenvalue weighted by Gasteiger charge is 2.34. The normalized spacial score (nSPS) is 15.2. The van der Waals surface area contributed by atoms with Crippen LogP contribution in [0.25, 0.3) is 0 Å². The van der Waals surface area contributed by atoms with Crippen molar-refractivity contribution >= 4 is 11.9 Å². The molecule has 2 aromatic rings. The van der Waals surface area contributed by atoms with Gasteiger partial charge in [-0.2, -0.15) is 0 Å². The third kappa shape index (κ3) is 6.54. The average molecular weight is 426 g/mol. The predicted molar refractivity (Wildman–Crippen MR) is 120 cm³/mol. The molecule has 0 spiro atoms. The van der Waals surface area contributed by atoms with Crippen LogP contribution in [0.15, 0.2) is 54.6 Å². The summed E-state index contributed by atoms with van der Waals surface area (Å²) in [6, 6.07) is 16.2. The fourth-order valence-electron chi connectivity index (χ4n) is 4.30. The van der Waals surface area contributed by atoms with Gasteiger partial charge in [-0.05, 0) is 36.1 Å². The lowest BCUT2D eigenvalue weighted by Gasteiger charge is -2.38. The molecule has 0 unspecified atom stereocenters. The van der Waals surface area contributed by atoms with E-state index in [-0.39, 0.29) is 36.1 Å². The Kier molecular flexibility index (Phi) is 8.04. The van der Waals surface area contributed by atoms with Gasteiger partial charge in [-0.3, -0.25) is 4.79 Å². The van der Waals surface area contributed by atoms with Gasteiger partial charge in [0, 0.05) is 38.5 Å². The molecule has 0 saturated heterocycles. The van der Waals surface area contributed by atoms with Crippen LogP contribution in [0, 0.1) is 5.82 Å². The lowest BCUT2D eigenvalue weighted by Crippen LogP contribution is -2.43. The third-order valence-electron chi connectivity index (χ3n) is 6.13. The summed E-state index contributed by atoms with van der Waals surface area (Å²) in [6.45, 7) is 1.34. The average Bonchev–Trinajstić information content (AvgIpc) is 2.79. The van der Waals surface area contributed by atoms with Gasteiger partial charge >= 0.3 is 6.03 Å². The molecule has 1 saturated carbocycles. The fraction of sp³-hybridized carbons (Fsp3) is 0.440. The summed E-state index contributed by atoms with van der Waals surface area (Å²) in [7, 11) is 1.73. The van der Waals surface area contributed by atoms with E-state index in [2.05, 4.69) is 10.6 Å². The Hall–Kier alpha value is -2.89. The lowest BCUT2D eigenvalue weighted by molar-refractivity contribution is -0.121. The number of hydrogen-bond acceptors (Lipinski definition) is 2. The molecule has 0 aromatic heterocycles. The monoisotopic (exact) mass is 425 g/mol. The molecule has 166 valence electrons. The van der Waals surface area contributed by atoms with Crippen molar-refractivity contribution in [1.29, 1.82) is 0 Å². The van der Waals surface area contributed by atoms with Gasteiger partial charge in [0.05, 0.1) is 0 Å². The number of carbonyl (C=O) groups excluding carboxylic acids is 2. The highest BCUT2D eigenvalue weighted by molar-refractivity contribution is 5.78. The van der Waals surface area contributed by atoms with Crippen molar-refractivity contribution in [2.24, 2.45) is 0 Å². The fourth-order valence-corrected chi connectivity index (χ4v) is 4.30. The number of nitrogens with zero attached hydrogens (tertiary/aromatic N) is 1. The molecule has 3 rings (SSSR count). The van der Waals surface area contributed by atoms with Gasteiger partial charge in [0.25, 0.3) is 0 Å². The topological polar surface area (TPSA) is 61.4 Å². The smallest absolute Gasteiger partial charge is 0.317 e. The van der Waals surface area contributed by atoms with Crippen LogP contribution in [0.3, 0.4) is 0 Å². The molecule has 0 radical (unpaired) electrons. The molecular formula is C25H32FN3O2. The van der Waals surface area contributed by atoms with Gasteiger partial charge in [0.1, 0.15) is 5.82 Å². The van der Waals surface area contributed by atoms with E-state index < -0.39 is 0 Å². The first kappa shape index (κ1) is 22.8. The second-order valence-electron chi connectivity index (χ2n) is 8.45. The summed E-state index contributed by atoms with van der Waals surface area (Å²) in [4.78, 5) is 26.3. The number of hydrogen-bond donors (Lipinski definition) is 2. The number of rotatable bonds is 8. The van der Waals surface area contributed by atoms with Crippen molar-refractivity contribution in [3.05, 3.63) is 71.5 Å². The summed E-state index contributed by atoms with van der Waals surface area (Å²) in [5.74, 6) is -0.329. The van der Waals surface area contributed by atoms with Gasteiger partial charge in [0.15, 0.2) is 0 Å². The van der Waals surface area contributed by atoms with Gasteiger partial charge in [-0.1, -0.05) is 61.7 Å². The Morgan fingerprint density at radius 2 is 1.65 bits per heavy atom. The molecule has 1 aliphatic carbocycles. The number of benzene rings is 2. The highest BCUT2D eigenvalue weighted by atomic mass is 19.1. The zero-order valence-corrected chi connectivity index (χ0v) is 18.2. The minimum Gasteiger partial charge on any atom is -0.355 e. The molecule has 0 heterocycles. The summed E-state index contributed by atoms with van der Waals surface area (Å²) in [5.41, 5.74) is 2.00. The first-order chi connectivity index (χ1) is 15.0. The van der Waals surface area contributed by atoms with Gasteiger partial charge in [0.2, 0.25) is 5.91 Å². The van der Waals surface area contributed by atoms with E-state index in [0.29, 0.717) is 13.1 Å². The quantitative estimate of drug-likeness (QED) is 0.660. The molecule has 3 amide bonds. The number of carbonyl (C=O) groups is 2. The van der Waals surface area contributed by atoms with Gasteiger partial charge in [-0.25, -0.2) is 9.18 Å². The van der Waals surface area contributed by atoms with Crippen molar-refractivity contribution in [3.8, 4) is 0 Å². The molecule has 5 nitrogen and oxygen atoms in total. The Morgan fingerprint density at radius 1 is 0.968 bits per heavy atom. The molecule has 1 aliphatic rings. The van der Waals surface area contributed by atoms with E-state index in [1.54, 1.807) is 11.9 Å². The minimum absolute atomic E-state index is 0.0851. The maximum absolute atomic E-state index is 13.4. The van der Waals surface area contributed by atoms with Crippen LogP contribution in [0.2, 0.25) is 0 Å². The summed E-state index contributed by atoms with van der Waals surface area (Å²) >= 11 is 0. The molecule has 2 N–H and O–H groups in total. The van der Waals surface area contributed by atoms with Crippen LogP contribution in [-0.4, -0.2) is 37.0 Å². The van der Waals surface area contributed by atoms with E-state index >= 15 is 0 Å². The number of halogens is 1. The molecule has 0 bridgehead atoms. The van der Waals surface area contributed by atoms with E-state index in [0.717, 1.165) is 36.8 Å². The van der Waals surface area contributed by atoms with Crippen molar-refractivity contribution in [3.63, 3.8) is 0 Å². The first-order valence-electron chi connectivity index (χ1n) is 11.0. The van der Waals surface area contributed by atoms with Gasteiger partial charge in [-0.15, -0.1) is 0 Å². The predicted octanol–water partition coefficient (Wildman–Crippen LogP) is 4.38. The van der Waals surface area contributed by atoms with Crippen molar-refractivity contribution in [1.82, 2.24) is 15.5 Å². The van der Waals surface area contributed by atoms with Crippen LogP contribution >= 0.6 is 0 Å². The van der Waals surface area contributed by atoms with Crippen LogP contribution in [-0.2, 0) is 16.8 Å². The molecule has 2 aromatic carbocycles. The largest absolute Gasteiger partial charge is 0.355 e. The van der Waals surface area contributed by atoms with Crippen LogP contribution in [0.4, 0.5) is 9.18 Å². The zero-order chi connectivity index (χ0) is 22.1. The SMILES string of the molecule is CN(Cc1ccccc1)C(=O)NCCC(=O)NCC1(c2ccc(F)cc2)CCCCC1. The molecular weight excluding hydrogens is 393 g/mol. The van der Waals surface area contributed by atoms with Crippen molar-refractivity contribution in [2.45, 2.75) is 50.5 Å². The Labute approximate surface area is 184 Å². The number of amides is 3. The molecule has 0 atom stereocenters. The summed E-state index contributed by atoms with van der Waals surface area (Å²) in [6.07, 6.45) is 5.61. The number of urea groups is 1. The van der Waals surface area contributed by atoms with E-state index in [4.69, 9.17) is 0 Å². The van der Waals surface area contributed by atoms with Crippen LogP contribution in [0.5, 0.6) is 0 Å². The number of nitrogens with one attached hydrogen (secondary N) is 2. The van der Waals surface area contributed by atoms with Crippen LogP contribution < -0.4 is 10.6 Å². The van der Waals surface area contributed by atoms with Crippen molar-refractivity contribution in [2.75, 3.05) is 20.1 Å². The molecule has 6 heteroatoms. The van der Waals surface area contributed by atoms with E-state index in [1.165, 1.54) is 18.6 Å². The molecule has 31 heavy (non-hydrogen) atoms. The standard InChI is InChI=1S/C25H32FN3O2/c1-29(18-20-8-4-2-5-9-20)24(31)27-17-14-23(30)28-19-25(15-6-3-7-16-25)21-10-12-22(26)13-11-21/h2,4-5,8-13H,3,6-7,14-19H2,1H3,(H,27,31)(H,28,30). The maximum atomic E-state index is 13.4. The first-order valence-corrected chi connectivity index (χ1v) is 11.0. The maximum Gasteiger partial charge on any atom is 0.317 e. The minimum atomic E-state index is -0.244. The van der Waals surface area contributed by atoms with E-state index in [9.17, 15) is 14.0 Å². The highest BCUT2D eigenvalue weighted by Crippen LogP contribution is 2.39. The Morgan fingerprint density at radius 3 is 2.32 bits per heavy atom. The third-order valence-corrected chi connectivity index (χ3v) is 6.13. The Balaban J connectivity index is 1.45. The molecule has 1 fully saturated rings. The zero-order valence-electron chi connectivity index (χ0n) is 18.2. The van der Waals surface area contributed by atoms with Gasteiger partial charge < -0.3 is 15.5 Å². The Bertz CT molecular complexity index is 849. The second kappa shape index (κ2) is 10.9. The summed E-state index contributed by atoms with van der Waals surface area (Å²) in [5, 5.41) is 5.85. The molecule has 0 aliphatic heterocycles. The van der Waals surface area contributed by atoms with Crippen LogP contribution in [0.1, 0.15) is 49.7 Å². The lowest BCUT2D eigenvalue weighted by atomic mass is 9.69.